The molecule has 0 radical (unpaired) electrons. The van der Waals surface area contributed by atoms with Gasteiger partial charge in [-0.15, -0.1) is 11.3 Å². The van der Waals surface area contributed by atoms with Crippen LogP contribution >= 0.6 is 11.3 Å². The second kappa shape index (κ2) is 7.11. The van der Waals surface area contributed by atoms with Gasteiger partial charge >= 0.3 is 0 Å². The number of hydrogen-bond donors (Lipinski definition) is 1. The zero-order valence-corrected chi connectivity index (χ0v) is 14.3. The van der Waals surface area contributed by atoms with Crippen molar-refractivity contribution >= 4 is 21.4 Å². The van der Waals surface area contributed by atoms with Crippen LogP contribution in [0.3, 0.4) is 0 Å². The number of piperazine rings is 1. The molecule has 2 aromatic rings. The van der Waals surface area contributed by atoms with Crippen LogP contribution in [-0.4, -0.2) is 55.5 Å². The Kier molecular flexibility index (Phi) is 5.13. The average Bonchev–Trinajstić information content (AvgIpc) is 3.11. The molecular weight excluding hydrogens is 332 g/mol. The van der Waals surface area contributed by atoms with Gasteiger partial charge in [0, 0.05) is 32.7 Å². The molecule has 0 spiro atoms. The highest BCUT2D eigenvalue weighted by Crippen LogP contribution is 2.22. The first kappa shape index (κ1) is 16.6. The summed E-state index contributed by atoms with van der Waals surface area (Å²) in [5.74, 6) is 0. The summed E-state index contributed by atoms with van der Waals surface area (Å²) in [6.45, 7) is 2.71. The van der Waals surface area contributed by atoms with Crippen LogP contribution in [0, 0.1) is 0 Å². The van der Waals surface area contributed by atoms with Gasteiger partial charge in [-0.3, -0.25) is 4.90 Å². The number of thiophene rings is 1. The quantitative estimate of drug-likeness (QED) is 0.891. The van der Waals surface area contributed by atoms with Crippen molar-refractivity contribution in [2.75, 3.05) is 32.7 Å². The lowest BCUT2D eigenvalue weighted by Crippen LogP contribution is -2.49. The molecule has 5 nitrogen and oxygen atoms in total. The Bertz CT molecular complexity index is 709. The fourth-order valence-electron chi connectivity index (χ4n) is 2.72. The van der Waals surface area contributed by atoms with Crippen LogP contribution in [0.1, 0.15) is 11.7 Å². The Balaban J connectivity index is 1.57. The predicted molar refractivity (Wildman–Crippen MR) is 90.9 cm³/mol. The van der Waals surface area contributed by atoms with Gasteiger partial charge in [-0.1, -0.05) is 36.4 Å². The summed E-state index contributed by atoms with van der Waals surface area (Å²) in [6.07, 6.45) is -0.545. The SMILES string of the molecule is O=S(=O)(c1cccs1)N1CCN(C[C@H](O)c2ccccc2)CC1. The lowest BCUT2D eigenvalue weighted by Gasteiger charge is -2.34. The predicted octanol–water partition coefficient (Wildman–Crippen LogP) is 1.79. The smallest absolute Gasteiger partial charge is 0.252 e. The van der Waals surface area contributed by atoms with E-state index in [1.807, 2.05) is 30.3 Å². The van der Waals surface area contributed by atoms with Crippen LogP contribution in [0.2, 0.25) is 0 Å². The molecule has 1 saturated heterocycles. The minimum absolute atomic E-state index is 0.398. The second-order valence-electron chi connectivity index (χ2n) is 5.56. The number of aliphatic hydroxyl groups is 1. The number of β-amino-alcohol motifs (C(OH)–C–C–N with tert-alkyl or cyclic N) is 1. The number of aliphatic hydroxyl groups excluding tert-OH is 1. The van der Waals surface area contributed by atoms with Crippen LogP contribution < -0.4 is 0 Å². The second-order valence-corrected chi connectivity index (χ2v) is 8.68. The van der Waals surface area contributed by atoms with Gasteiger partial charge in [-0.2, -0.15) is 4.31 Å². The number of sulfonamides is 1. The molecule has 1 N–H and O–H groups in total. The van der Waals surface area contributed by atoms with Gasteiger partial charge in [-0.05, 0) is 17.0 Å². The summed E-state index contributed by atoms with van der Waals surface area (Å²) in [5.41, 5.74) is 0.890. The van der Waals surface area contributed by atoms with E-state index in [4.69, 9.17) is 0 Å². The van der Waals surface area contributed by atoms with Crippen molar-refractivity contribution in [1.29, 1.82) is 0 Å². The van der Waals surface area contributed by atoms with Crippen LogP contribution in [0.25, 0.3) is 0 Å². The fourth-order valence-corrected chi connectivity index (χ4v) is 5.28. The maximum atomic E-state index is 12.5. The molecule has 1 aliphatic rings. The van der Waals surface area contributed by atoms with Crippen LogP contribution in [0.5, 0.6) is 0 Å². The van der Waals surface area contributed by atoms with Crippen molar-refractivity contribution in [3.05, 3.63) is 53.4 Å². The number of benzene rings is 1. The van der Waals surface area contributed by atoms with Crippen LogP contribution in [0.4, 0.5) is 0 Å². The summed E-state index contributed by atoms with van der Waals surface area (Å²) in [5, 5.41) is 12.1. The molecule has 23 heavy (non-hydrogen) atoms. The minimum Gasteiger partial charge on any atom is -0.387 e. The Hall–Kier alpha value is -1.25. The minimum atomic E-state index is -3.36. The van der Waals surface area contributed by atoms with Crippen molar-refractivity contribution in [3.63, 3.8) is 0 Å². The molecule has 0 amide bonds. The fraction of sp³-hybridized carbons (Fsp3) is 0.375. The maximum Gasteiger partial charge on any atom is 0.252 e. The third-order valence-corrected chi connectivity index (χ3v) is 7.31. The van der Waals surface area contributed by atoms with Crippen molar-refractivity contribution in [1.82, 2.24) is 9.21 Å². The van der Waals surface area contributed by atoms with E-state index in [-0.39, 0.29) is 0 Å². The first-order valence-electron chi connectivity index (χ1n) is 7.56. The molecule has 124 valence electrons. The van der Waals surface area contributed by atoms with Crippen molar-refractivity contribution in [3.8, 4) is 0 Å². The molecule has 1 aliphatic heterocycles. The highest BCUT2D eigenvalue weighted by atomic mass is 32.2. The molecule has 1 atom stereocenters. The molecule has 1 aromatic carbocycles. The van der Waals surface area contributed by atoms with E-state index in [9.17, 15) is 13.5 Å². The van der Waals surface area contributed by atoms with Gasteiger partial charge in [0.2, 0.25) is 0 Å². The Labute approximate surface area is 140 Å². The summed E-state index contributed by atoms with van der Waals surface area (Å²) in [4.78, 5) is 2.11. The lowest BCUT2D eigenvalue weighted by molar-refractivity contribution is 0.0921. The summed E-state index contributed by atoms with van der Waals surface area (Å²) in [7, 11) is -3.36. The lowest BCUT2D eigenvalue weighted by atomic mass is 10.1. The van der Waals surface area contributed by atoms with E-state index in [1.54, 1.807) is 17.5 Å². The Morgan fingerprint density at radius 3 is 2.35 bits per heavy atom. The van der Waals surface area contributed by atoms with E-state index in [0.29, 0.717) is 36.9 Å². The molecule has 1 aromatic heterocycles. The molecule has 1 fully saturated rings. The first-order chi connectivity index (χ1) is 11.1. The standard InChI is InChI=1S/C16H20N2O3S2/c19-15(14-5-2-1-3-6-14)13-17-8-10-18(11-9-17)23(20,21)16-7-4-12-22-16/h1-7,12,15,19H,8-11,13H2/t15-/m0/s1. The van der Waals surface area contributed by atoms with Crippen molar-refractivity contribution < 1.29 is 13.5 Å². The highest BCUT2D eigenvalue weighted by Gasteiger charge is 2.29. The van der Waals surface area contributed by atoms with Crippen molar-refractivity contribution in [2.45, 2.75) is 10.3 Å². The van der Waals surface area contributed by atoms with Gasteiger partial charge in [0.25, 0.3) is 10.0 Å². The molecular formula is C16H20N2O3S2. The third kappa shape index (κ3) is 3.81. The average molecular weight is 352 g/mol. The highest BCUT2D eigenvalue weighted by molar-refractivity contribution is 7.91. The molecule has 0 unspecified atom stereocenters. The molecule has 0 saturated carbocycles. The Morgan fingerprint density at radius 2 is 1.74 bits per heavy atom. The first-order valence-corrected chi connectivity index (χ1v) is 9.88. The van der Waals surface area contributed by atoms with Gasteiger partial charge in [-0.25, -0.2) is 8.42 Å². The molecule has 7 heteroatoms. The molecule has 2 heterocycles. The Morgan fingerprint density at radius 1 is 1.04 bits per heavy atom. The summed E-state index contributed by atoms with van der Waals surface area (Å²) in [6, 6.07) is 12.9. The van der Waals surface area contributed by atoms with Gasteiger partial charge in [0.15, 0.2) is 0 Å². The number of nitrogens with zero attached hydrogens (tertiary/aromatic N) is 2. The van der Waals surface area contributed by atoms with Gasteiger partial charge in [0.1, 0.15) is 4.21 Å². The monoisotopic (exact) mass is 352 g/mol. The largest absolute Gasteiger partial charge is 0.387 e. The summed E-state index contributed by atoms with van der Waals surface area (Å²) >= 11 is 1.25. The topological polar surface area (TPSA) is 60.9 Å². The zero-order chi connectivity index (χ0) is 16.3. The normalized spacial score (nSPS) is 18.8. The van der Waals surface area contributed by atoms with Gasteiger partial charge < -0.3 is 5.11 Å². The maximum absolute atomic E-state index is 12.5. The van der Waals surface area contributed by atoms with E-state index in [1.165, 1.54) is 15.6 Å². The molecule has 0 aliphatic carbocycles. The molecule has 0 bridgehead atoms. The van der Waals surface area contributed by atoms with E-state index in [2.05, 4.69) is 4.90 Å². The number of rotatable bonds is 5. The molecule has 3 rings (SSSR count). The third-order valence-electron chi connectivity index (χ3n) is 4.04. The van der Waals surface area contributed by atoms with E-state index in [0.717, 1.165) is 5.56 Å². The zero-order valence-electron chi connectivity index (χ0n) is 12.7. The van der Waals surface area contributed by atoms with Crippen LogP contribution in [0.15, 0.2) is 52.1 Å². The summed E-state index contributed by atoms with van der Waals surface area (Å²) < 4.78 is 26.9. The van der Waals surface area contributed by atoms with E-state index >= 15 is 0 Å². The number of hydrogen-bond acceptors (Lipinski definition) is 5. The van der Waals surface area contributed by atoms with E-state index < -0.39 is 16.1 Å². The van der Waals surface area contributed by atoms with Crippen molar-refractivity contribution in [2.24, 2.45) is 0 Å². The van der Waals surface area contributed by atoms with Gasteiger partial charge in [0.05, 0.1) is 6.10 Å². The van der Waals surface area contributed by atoms with Crippen LogP contribution in [-0.2, 0) is 10.0 Å².